The fraction of sp³-hybridized carbons (Fsp3) is 0.462. The quantitative estimate of drug-likeness (QED) is 0.742. The summed E-state index contributed by atoms with van der Waals surface area (Å²) in [4.78, 5) is 11.7. The van der Waals surface area contributed by atoms with Crippen molar-refractivity contribution in [2.75, 3.05) is 13.2 Å². The second kappa shape index (κ2) is 6.35. The van der Waals surface area contributed by atoms with E-state index in [9.17, 15) is 9.18 Å². The lowest BCUT2D eigenvalue weighted by Gasteiger charge is -2.13. The lowest BCUT2D eigenvalue weighted by molar-refractivity contribution is 0.00438. The summed E-state index contributed by atoms with van der Waals surface area (Å²) in [7, 11) is 0. The summed E-state index contributed by atoms with van der Waals surface area (Å²) in [5, 5.41) is 0. The van der Waals surface area contributed by atoms with E-state index in [1.807, 2.05) is 6.92 Å². The Morgan fingerprint density at radius 1 is 1.47 bits per heavy atom. The van der Waals surface area contributed by atoms with Gasteiger partial charge in [0.25, 0.3) is 0 Å². The van der Waals surface area contributed by atoms with Crippen LogP contribution in [0.3, 0.4) is 0 Å². The van der Waals surface area contributed by atoms with Crippen molar-refractivity contribution in [3.8, 4) is 0 Å². The summed E-state index contributed by atoms with van der Waals surface area (Å²) in [6.07, 6.45) is -0.312. The molecule has 0 aliphatic rings. The normalized spacial score (nSPS) is 12.2. The van der Waals surface area contributed by atoms with Gasteiger partial charge in [0.15, 0.2) is 0 Å². The summed E-state index contributed by atoms with van der Waals surface area (Å²) in [6, 6.07) is 4.16. The molecule has 0 N–H and O–H groups in total. The van der Waals surface area contributed by atoms with Crippen LogP contribution in [0.25, 0.3) is 0 Å². The fourth-order valence-electron chi connectivity index (χ4n) is 1.34. The number of carbonyl (C=O) groups excluding carboxylic acids is 1. The van der Waals surface area contributed by atoms with E-state index >= 15 is 0 Å². The van der Waals surface area contributed by atoms with E-state index in [1.165, 1.54) is 18.2 Å². The van der Waals surface area contributed by atoms with Gasteiger partial charge in [0.1, 0.15) is 11.9 Å². The summed E-state index contributed by atoms with van der Waals surface area (Å²) in [5.74, 6) is -0.788. The van der Waals surface area contributed by atoms with Gasteiger partial charge < -0.3 is 9.47 Å². The first-order chi connectivity index (χ1) is 8.04. The average Bonchev–Trinajstić information content (AvgIpc) is 2.30. The zero-order valence-electron chi connectivity index (χ0n) is 10.3. The van der Waals surface area contributed by atoms with Crippen molar-refractivity contribution in [2.45, 2.75) is 26.9 Å². The van der Waals surface area contributed by atoms with Gasteiger partial charge in [-0.15, -0.1) is 0 Å². The molecule has 0 aliphatic heterocycles. The van der Waals surface area contributed by atoms with Crippen molar-refractivity contribution < 1.29 is 18.7 Å². The van der Waals surface area contributed by atoms with Crippen LogP contribution in [-0.4, -0.2) is 25.3 Å². The Morgan fingerprint density at radius 2 is 2.18 bits per heavy atom. The van der Waals surface area contributed by atoms with E-state index in [-0.39, 0.29) is 11.9 Å². The number of esters is 1. The van der Waals surface area contributed by atoms with Gasteiger partial charge in [0.2, 0.25) is 0 Å². The van der Waals surface area contributed by atoms with Crippen LogP contribution in [0.5, 0.6) is 0 Å². The van der Waals surface area contributed by atoms with Gasteiger partial charge in [-0.05, 0) is 44.5 Å². The van der Waals surface area contributed by atoms with E-state index in [0.29, 0.717) is 24.3 Å². The van der Waals surface area contributed by atoms with Crippen molar-refractivity contribution in [2.24, 2.45) is 0 Å². The molecular weight excluding hydrogens is 223 g/mol. The van der Waals surface area contributed by atoms with Crippen LogP contribution < -0.4 is 0 Å². The molecule has 4 heteroatoms. The van der Waals surface area contributed by atoms with E-state index in [0.717, 1.165) is 0 Å². The molecule has 0 aliphatic carbocycles. The van der Waals surface area contributed by atoms with E-state index in [4.69, 9.17) is 9.47 Å². The number of carbonyl (C=O) groups is 1. The average molecular weight is 240 g/mol. The maximum atomic E-state index is 13.0. The number of ether oxygens (including phenoxy) is 2. The van der Waals surface area contributed by atoms with Crippen LogP contribution in [0.1, 0.15) is 29.8 Å². The van der Waals surface area contributed by atoms with Crippen LogP contribution in [-0.2, 0) is 9.47 Å². The topological polar surface area (TPSA) is 35.5 Å². The molecule has 3 nitrogen and oxygen atoms in total. The van der Waals surface area contributed by atoms with Gasteiger partial charge in [-0.25, -0.2) is 9.18 Å². The van der Waals surface area contributed by atoms with E-state index in [1.54, 1.807) is 13.8 Å². The third kappa shape index (κ3) is 4.15. The lowest BCUT2D eigenvalue weighted by Crippen LogP contribution is -2.20. The molecule has 0 saturated heterocycles. The van der Waals surface area contributed by atoms with Gasteiger partial charge in [-0.1, -0.05) is 0 Å². The number of aryl methyl sites for hydroxylation is 1. The van der Waals surface area contributed by atoms with Crippen molar-refractivity contribution in [3.05, 3.63) is 35.1 Å². The molecule has 0 spiro atoms. The first kappa shape index (κ1) is 13.6. The number of rotatable bonds is 5. The first-order valence-corrected chi connectivity index (χ1v) is 5.59. The molecule has 0 amide bonds. The molecule has 1 rings (SSSR count). The molecule has 0 fully saturated rings. The molecule has 1 aromatic rings. The molecule has 0 heterocycles. The third-order valence-corrected chi connectivity index (χ3v) is 2.26. The van der Waals surface area contributed by atoms with Gasteiger partial charge in [-0.3, -0.25) is 0 Å². The van der Waals surface area contributed by atoms with E-state index < -0.39 is 5.97 Å². The van der Waals surface area contributed by atoms with Crippen molar-refractivity contribution in [3.63, 3.8) is 0 Å². The van der Waals surface area contributed by atoms with Crippen LogP contribution in [0.2, 0.25) is 0 Å². The first-order valence-electron chi connectivity index (χ1n) is 5.59. The summed E-state index contributed by atoms with van der Waals surface area (Å²) < 4.78 is 23.3. The van der Waals surface area contributed by atoms with Crippen molar-refractivity contribution in [1.82, 2.24) is 0 Å². The Kier molecular flexibility index (Phi) is 5.10. The van der Waals surface area contributed by atoms with Crippen molar-refractivity contribution in [1.29, 1.82) is 0 Å². The number of halogens is 1. The molecular formula is C13H17FO3. The molecule has 1 unspecified atom stereocenters. The Bertz CT molecular complexity index is 390. The predicted molar refractivity (Wildman–Crippen MR) is 62.5 cm³/mol. The monoisotopic (exact) mass is 240 g/mol. The highest BCUT2D eigenvalue weighted by molar-refractivity contribution is 5.89. The second-order valence-corrected chi connectivity index (χ2v) is 3.84. The maximum Gasteiger partial charge on any atom is 0.338 e. The van der Waals surface area contributed by atoms with Gasteiger partial charge in [-0.2, -0.15) is 0 Å². The standard InChI is InChI=1S/C13H17FO3/c1-4-16-8-10(3)17-13(15)11-5-6-12(14)9(2)7-11/h5-7,10H,4,8H2,1-3H3. The highest BCUT2D eigenvalue weighted by Crippen LogP contribution is 2.11. The Labute approximate surface area is 101 Å². The van der Waals surface area contributed by atoms with E-state index in [2.05, 4.69) is 0 Å². The predicted octanol–water partition coefficient (Wildman–Crippen LogP) is 2.72. The largest absolute Gasteiger partial charge is 0.457 e. The Morgan fingerprint density at radius 3 is 2.76 bits per heavy atom. The molecule has 0 radical (unpaired) electrons. The molecule has 94 valence electrons. The lowest BCUT2D eigenvalue weighted by atomic mass is 10.1. The van der Waals surface area contributed by atoms with Gasteiger partial charge in [0, 0.05) is 6.61 Å². The zero-order chi connectivity index (χ0) is 12.8. The third-order valence-electron chi connectivity index (χ3n) is 2.26. The molecule has 0 bridgehead atoms. The van der Waals surface area contributed by atoms with Crippen molar-refractivity contribution >= 4 is 5.97 Å². The molecule has 0 aromatic heterocycles. The second-order valence-electron chi connectivity index (χ2n) is 3.84. The molecule has 0 saturated carbocycles. The van der Waals surface area contributed by atoms with Gasteiger partial charge >= 0.3 is 5.97 Å². The number of benzene rings is 1. The zero-order valence-corrected chi connectivity index (χ0v) is 10.3. The minimum atomic E-state index is -0.458. The van der Waals surface area contributed by atoms with Crippen LogP contribution in [0, 0.1) is 12.7 Å². The van der Waals surface area contributed by atoms with Crippen LogP contribution in [0.15, 0.2) is 18.2 Å². The minimum Gasteiger partial charge on any atom is -0.457 e. The highest BCUT2D eigenvalue weighted by Gasteiger charge is 2.13. The number of hydrogen-bond acceptors (Lipinski definition) is 3. The molecule has 1 atom stereocenters. The summed E-state index contributed by atoms with van der Waals surface area (Å²) >= 11 is 0. The SMILES string of the molecule is CCOCC(C)OC(=O)c1ccc(F)c(C)c1. The highest BCUT2D eigenvalue weighted by atomic mass is 19.1. The minimum absolute atomic E-state index is 0.312. The smallest absolute Gasteiger partial charge is 0.338 e. The molecule has 17 heavy (non-hydrogen) atoms. The summed E-state index contributed by atoms with van der Waals surface area (Å²) in [5.41, 5.74) is 0.782. The maximum absolute atomic E-state index is 13.0. The number of hydrogen-bond donors (Lipinski definition) is 0. The Hall–Kier alpha value is -1.42. The fourth-order valence-corrected chi connectivity index (χ4v) is 1.34. The molecule has 1 aromatic carbocycles. The summed E-state index contributed by atoms with van der Waals surface area (Å²) in [6.45, 7) is 6.18. The van der Waals surface area contributed by atoms with Crippen LogP contribution >= 0.6 is 0 Å². The van der Waals surface area contributed by atoms with Gasteiger partial charge in [0.05, 0.1) is 12.2 Å². The Balaban J connectivity index is 2.60. The van der Waals surface area contributed by atoms with Crippen LogP contribution in [0.4, 0.5) is 4.39 Å².